The van der Waals surface area contributed by atoms with Crippen LogP contribution in [0.4, 0.5) is 13.2 Å². The van der Waals surface area contributed by atoms with Gasteiger partial charge in [0.05, 0.1) is 23.0 Å². The number of fused-ring (bicyclic) bond motifs is 2. The maximum absolute atomic E-state index is 13.1. The highest BCUT2D eigenvalue weighted by Gasteiger charge is 2.32. The number of hydrogen-bond acceptors (Lipinski definition) is 6. The van der Waals surface area contributed by atoms with E-state index in [0.717, 1.165) is 79.7 Å². The molecule has 0 unspecified atom stereocenters. The Morgan fingerprint density at radius 1 is 1.02 bits per heavy atom. The summed E-state index contributed by atoms with van der Waals surface area (Å²) in [6.07, 6.45) is 1.39. The number of pyridine rings is 1. The van der Waals surface area contributed by atoms with E-state index in [2.05, 4.69) is 9.88 Å². The summed E-state index contributed by atoms with van der Waals surface area (Å²) >= 11 is 0. The van der Waals surface area contributed by atoms with Crippen LogP contribution >= 0.6 is 0 Å². The van der Waals surface area contributed by atoms with Crippen LogP contribution < -0.4 is 5.69 Å². The van der Waals surface area contributed by atoms with Crippen LogP contribution in [0, 0.1) is 0 Å². The lowest BCUT2D eigenvalue weighted by Gasteiger charge is -2.32. The molecule has 1 saturated heterocycles. The molecule has 0 saturated carbocycles. The monoisotopic (exact) mass is 617 g/mol. The second kappa shape index (κ2) is 11.2. The van der Waals surface area contributed by atoms with Crippen molar-refractivity contribution < 1.29 is 21.6 Å². The standard InChI is InChI=1S/C29H34F3N7O3S/c1-35-25-5-3-13-33-27(25)39(28(35)40)22-10-16-36(17-11-22)14-4-15-38-24-12-18-37(43(2,41)42)19-23(24)26(34-38)20-6-8-21(9-7-20)29(30,31)32/h3,5-9,13,22H,4,10-12,14-19H2,1-2H3. The van der Waals surface area contributed by atoms with Crippen molar-refractivity contribution in [3.63, 3.8) is 0 Å². The van der Waals surface area contributed by atoms with Crippen molar-refractivity contribution in [3.8, 4) is 11.3 Å². The molecule has 0 aliphatic carbocycles. The Hall–Kier alpha value is -3.49. The molecule has 0 N–H and O–H groups in total. The molecule has 43 heavy (non-hydrogen) atoms. The van der Waals surface area contributed by atoms with Crippen LogP contribution in [-0.2, 0) is 42.8 Å². The molecule has 14 heteroatoms. The Labute approximate surface area is 247 Å². The number of halogens is 3. The zero-order valence-electron chi connectivity index (χ0n) is 24.1. The first-order chi connectivity index (χ1) is 20.4. The van der Waals surface area contributed by atoms with Crippen LogP contribution in [0.25, 0.3) is 22.4 Å². The van der Waals surface area contributed by atoms with E-state index in [1.807, 2.05) is 21.4 Å². The molecule has 0 spiro atoms. The SMILES string of the molecule is Cn1c(=O)n(C2CCN(CCCn3nc(-c4ccc(C(F)(F)F)cc4)c4c3CCN(S(C)(=O)=O)C4)CC2)c2ncccc21. The molecule has 5 heterocycles. The number of likely N-dealkylation sites (tertiary alicyclic amines) is 1. The zero-order valence-corrected chi connectivity index (χ0v) is 24.9. The second-order valence-corrected chi connectivity index (χ2v) is 13.4. The third kappa shape index (κ3) is 5.75. The van der Waals surface area contributed by atoms with E-state index in [4.69, 9.17) is 5.10 Å². The Bertz CT molecular complexity index is 1800. The van der Waals surface area contributed by atoms with Crippen LogP contribution in [0.5, 0.6) is 0 Å². The van der Waals surface area contributed by atoms with Crippen LogP contribution in [0.1, 0.15) is 42.1 Å². The van der Waals surface area contributed by atoms with Crippen molar-refractivity contribution in [2.45, 2.75) is 51.0 Å². The number of hydrogen-bond donors (Lipinski definition) is 0. The Kier molecular flexibility index (Phi) is 7.71. The minimum atomic E-state index is -4.44. The van der Waals surface area contributed by atoms with Gasteiger partial charge in [0.15, 0.2) is 5.65 Å². The first-order valence-corrected chi connectivity index (χ1v) is 16.2. The summed E-state index contributed by atoms with van der Waals surface area (Å²) in [6, 6.07) is 8.69. The Balaban J connectivity index is 1.15. The molecule has 2 aliphatic heterocycles. The van der Waals surface area contributed by atoms with E-state index < -0.39 is 21.8 Å². The fraction of sp³-hybridized carbons (Fsp3) is 0.483. The Morgan fingerprint density at radius 3 is 2.42 bits per heavy atom. The van der Waals surface area contributed by atoms with Gasteiger partial charge in [0.25, 0.3) is 0 Å². The van der Waals surface area contributed by atoms with Gasteiger partial charge in [-0.25, -0.2) is 18.2 Å². The summed E-state index contributed by atoms with van der Waals surface area (Å²) < 4.78 is 70.8. The molecular weight excluding hydrogens is 583 g/mol. The van der Waals surface area contributed by atoms with Gasteiger partial charge in [0, 0.05) is 75.3 Å². The molecule has 2 aliphatic rings. The van der Waals surface area contributed by atoms with Crippen LogP contribution in [0.3, 0.4) is 0 Å². The van der Waals surface area contributed by atoms with Gasteiger partial charge in [-0.1, -0.05) is 12.1 Å². The number of aromatic nitrogens is 5. The van der Waals surface area contributed by atoms with Crippen molar-refractivity contribution in [1.82, 2.24) is 33.1 Å². The zero-order chi connectivity index (χ0) is 30.5. The number of imidazole rings is 1. The summed E-state index contributed by atoms with van der Waals surface area (Å²) in [5.74, 6) is 0. The molecular formula is C29H34F3N7O3S. The molecule has 1 aromatic carbocycles. The molecule has 4 aromatic rings. The topological polar surface area (TPSA) is 98.3 Å². The summed E-state index contributed by atoms with van der Waals surface area (Å²) in [4.78, 5) is 19.8. The van der Waals surface area contributed by atoms with Crippen molar-refractivity contribution >= 4 is 21.2 Å². The first kappa shape index (κ1) is 29.6. The Morgan fingerprint density at radius 2 is 1.74 bits per heavy atom. The van der Waals surface area contributed by atoms with Gasteiger partial charge in [-0.2, -0.15) is 22.6 Å². The normalized spacial score (nSPS) is 17.5. The van der Waals surface area contributed by atoms with E-state index in [0.29, 0.717) is 30.8 Å². The minimum absolute atomic E-state index is 0.0473. The van der Waals surface area contributed by atoms with Gasteiger partial charge in [0.2, 0.25) is 10.0 Å². The highest BCUT2D eigenvalue weighted by atomic mass is 32.2. The predicted octanol–water partition coefficient (Wildman–Crippen LogP) is 3.66. The number of benzene rings is 1. The summed E-state index contributed by atoms with van der Waals surface area (Å²) in [5.41, 5.74) is 3.47. The molecule has 0 atom stereocenters. The van der Waals surface area contributed by atoms with Crippen LogP contribution in [-0.4, -0.2) is 74.0 Å². The molecule has 0 bridgehead atoms. The molecule has 0 radical (unpaired) electrons. The number of aryl methyl sites for hydroxylation is 2. The lowest BCUT2D eigenvalue weighted by molar-refractivity contribution is -0.137. The second-order valence-electron chi connectivity index (χ2n) is 11.4. The maximum Gasteiger partial charge on any atom is 0.416 e. The molecule has 10 nitrogen and oxygen atoms in total. The molecule has 6 rings (SSSR count). The molecule has 3 aromatic heterocycles. The third-order valence-electron chi connectivity index (χ3n) is 8.67. The van der Waals surface area contributed by atoms with Gasteiger partial charge < -0.3 is 4.90 Å². The first-order valence-electron chi connectivity index (χ1n) is 14.4. The summed E-state index contributed by atoms with van der Waals surface area (Å²) in [7, 11) is -1.67. The predicted molar refractivity (Wildman–Crippen MR) is 156 cm³/mol. The van der Waals surface area contributed by atoms with Gasteiger partial charge in [-0.05, 0) is 50.1 Å². The van der Waals surface area contributed by atoms with Gasteiger partial charge in [-0.3, -0.25) is 13.8 Å². The average Bonchev–Trinajstić information content (AvgIpc) is 3.47. The maximum atomic E-state index is 13.1. The smallest absolute Gasteiger partial charge is 0.303 e. The van der Waals surface area contributed by atoms with Crippen molar-refractivity contribution in [3.05, 3.63) is 69.9 Å². The minimum Gasteiger partial charge on any atom is -0.303 e. The van der Waals surface area contributed by atoms with Crippen molar-refractivity contribution in [2.75, 3.05) is 32.4 Å². The number of piperidine rings is 1. The largest absolute Gasteiger partial charge is 0.416 e. The van der Waals surface area contributed by atoms with Crippen LogP contribution in [0.2, 0.25) is 0 Å². The average molecular weight is 618 g/mol. The molecule has 230 valence electrons. The number of rotatable bonds is 7. The number of sulfonamides is 1. The highest BCUT2D eigenvalue weighted by molar-refractivity contribution is 7.88. The lowest BCUT2D eigenvalue weighted by atomic mass is 10.0. The summed E-state index contributed by atoms with van der Waals surface area (Å²) in [6.45, 7) is 3.60. The van der Waals surface area contributed by atoms with E-state index in [-0.39, 0.29) is 18.3 Å². The molecule has 1 fully saturated rings. The number of nitrogens with zero attached hydrogens (tertiary/aromatic N) is 7. The fourth-order valence-corrected chi connectivity index (χ4v) is 7.14. The lowest BCUT2D eigenvalue weighted by Crippen LogP contribution is -2.38. The van der Waals surface area contributed by atoms with E-state index in [9.17, 15) is 26.4 Å². The summed E-state index contributed by atoms with van der Waals surface area (Å²) in [5, 5.41) is 4.79. The van der Waals surface area contributed by atoms with E-state index in [1.165, 1.54) is 16.4 Å². The van der Waals surface area contributed by atoms with E-state index >= 15 is 0 Å². The van der Waals surface area contributed by atoms with Crippen molar-refractivity contribution in [2.24, 2.45) is 7.05 Å². The van der Waals surface area contributed by atoms with Gasteiger partial charge >= 0.3 is 11.9 Å². The van der Waals surface area contributed by atoms with E-state index in [1.54, 1.807) is 17.8 Å². The van der Waals surface area contributed by atoms with Crippen LogP contribution in [0.15, 0.2) is 47.4 Å². The highest BCUT2D eigenvalue weighted by Crippen LogP contribution is 2.34. The third-order valence-corrected chi connectivity index (χ3v) is 9.92. The quantitative estimate of drug-likeness (QED) is 0.314. The van der Waals surface area contributed by atoms with Crippen molar-refractivity contribution in [1.29, 1.82) is 0 Å². The van der Waals surface area contributed by atoms with Gasteiger partial charge in [-0.15, -0.1) is 0 Å². The fourth-order valence-electron chi connectivity index (χ4n) is 6.35. The molecule has 0 amide bonds. The number of alkyl halides is 3. The van der Waals surface area contributed by atoms with Gasteiger partial charge in [0.1, 0.15) is 0 Å².